The number of hydrogen-bond donors (Lipinski definition) is 1. The van der Waals surface area contributed by atoms with Gasteiger partial charge in [0.25, 0.3) is 0 Å². The molecule has 1 fully saturated rings. The van der Waals surface area contributed by atoms with Crippen LogP contribution in [0.4, 0.5) is 0 Å². The third-order valence-electron chi connectivity index (χ3n) is 2.16. The van der Waals surface area contributed by atoms with Gasteiger partial charge in [-0.15, -0.1) is 0 Å². The second-order valence-electron chi connectivity index (χ2n) is 3.38. The van der Waals surface area contributed by atoms with Gasteiger partial charge in [0.2, 0.25) is 0 Å². The number of ether oxygens (including phenoxy) is 1. The standard InChI is InChI=1S/C11H15NO/c1-2-7-13-10-5-3-9(4-6-10)11-8-12-11/h3-6,11-12H,2,7-8H2,1H3. The van der Waals surface area contributed by atoms with Crippen molar-refractivity contribution in [2.24, 2.45) is 0 Å². The maximum absolute atomic E-state index is 5.49. The van der Waals surface area contributed by atoms with E-state index in [-0.39, 0.29) is 0 Å². The fraction of sp³-hybridized carbons (Fsp3) is 0.455. The molecule has 0 radical (unpaired) electrons. The Morgan fingerprint density at radius 1 is 1.38 bits per heavy atom. The molecule has 0 amide bonds. The molecule has 0 bridgehead atoms. The Morgan fingerprint density at radius 2 is 2.08 bits per heavy atom. The minimum absolute atomic E-state index is 0.597. The Bertz CT molecular complexity index is 264. The molecule has 2 nitrogen and oxygen atoms in total. The molecule has 1 N–H and O–H groups in total. The van der Waals surface area contributed by atoms with Crippen LogP contribution in [0.3, 0.4) is 0 Å². The maximum Gasteiger partial charge on any atom is 0.119 e. The van der Waals surface area contributed by atoms with Gasteiger partial charge < -0.3 is 10.1 Å². The third-order valence-corrected chi connectivity index (χ3v) is 2.16. The van der Waals surface area contributed by atoms with Crippen molar-refractivity contribution in [2.75, 3.05) is 13.2 Å². The molecule has 1 aromatic carbocycles. The number of nitrogens with one attached hydrogen (secondary N) is 1. The van der Waals surface area contributed by atoms with Gasteiger partial charge >= 0.3 is 0 Å². The minimum Gasteiger partial charge on any atom is -0.494 e. The van der Waals surface area contributed by atoms with Crippen LogP contribution in [0.1, 0.15) is 24.9 Å². The molecule has 1 unspecified atom stereocenters. The van der Waals surface area contributed by atoms with E-state index < -0.39 is 0 Å². The van der Waals surface area contributed by atoms with Crippen LogP contribution >= 0.6 is 0 Å². The van der Waals surface area contributed by atoms with Crippen LogP contribution in [0.15, 0.2) is 24.3 Å². The van der Waals surface area contributed by atoms with Gasteiger partial charge in [-0.05, 0) is 24.1 Å². The Labute approximate surface area is 78.9 Å². The highest BCUT2D eigenvalue weighted by Crippen LogP contribution is 2.23. The molecule has 70 valence electrons. The smallest absolute Gasteiger partial charge is 0.119 e. The molecule has 1 aliphatic rings. The summed E-state index contributed by atoms with van der Waals surface area (Å²) in [7, 11) is 0. The van der Waals surface area contributed by atoms with Gasteiger partial charge in [-0.2, -0.15) is 0 Å². The quantitative estimate of drug-likeness (QED) is 0.714. The van der Waals surface area contributed by atoms with Crippen molar-refractivity contribution in [3.8, 4) is 5.75 Å². The summed E-state index contributed by atoms with van der Waals surface area (Å²) in [6, 6.07) is 8.96. The highest BCUT2D eigenvalue weighted by atomic mass is 16.5. The first-order valence-electron chi connectivity index (χ1n) is 4.86. The summed E-state index contributed by atoms with van der Waals surface area (Å²) < 4.78 is 5.49. The molecule has 1 aromatic rings. The average Bonchev–Trinajstić information content (AvgIpc) is 2.99. The Kier molecular flexibility index (Phi) is 2.50. The van der Waals surface area contributed by atoms with Crippen molar-refractivity contribution in [1.29, 1.82) is 0 Å². The monoisotopic (exact) mass is 177 g/mol. The molecule has 2 heteroatoms. The largest absolute Gasteiger partial charge is 0.494 e. The Hall–Kier alpha value is -1.02. The highest BCUT2D eigenvalue weighted by molar-refractivity contribution is 5.31. The van der Waals surface area contributed by atoms with Gasteiger partial charge in [-0.25, -0.2) is 0 Å². The van der Waals surface area contributed by atoms with E-state index in [0.29, 0.717) is 6.04 Å². The van der Waals surface area contributed by atoms with Crippen molar-refractivity contribution in [2.45, 2.75) is 19.4 Å². The first-order chi connectivity index (χ1) is 6.40. The lowest BCUT2D eigenvalue weighted by atomic mass is 10.1. The normalized spacial score (nSPS) is 19.9. The second kappa shape index (κ2) is 3.79. The topological polar surface area (TPSA) is 31.2 Å². The van der Waals surface area contributed by atoms with Gasteiger partial charge in [0, 0.05) is 12.6 Å². The zero-order chi connectivity index (χ0) is 9.10. The molecule has 2 rings (SSSR count). The van der Waals surface area contributed by atoms with Crippen molar-refractivity contribution in [3.05, 3.63) is 29.8 Å². The maximum atomic E-state index is 5.49. The van der Waals surface area contributed by atoms with Crippen LogP contribution in [0.25, 0.3) is 0 Å². The zero-order valence-electron chi connectivity index (χ0n) is 7.92. The Balaban J connectivity index is 1.96. The highest BCUT2D eigenvalue weighted by Gasteiger charge is 2.21. The van der Waals surface area contributed by atoms with E-state index in [1.807, 2.05) is 12.1 Å². The van der Waals surface area contributed by atoms with Crippen LogP contribution in [0.2, 0.25) is 0 Å². The third kappa shape index (κ3) is 2.22. The predicted octanol–water partition coefficient (Wildman–Crippen LogP) is 2.12. The van der Waals surface area contributed by atoms with Gasteiger partial charge in [0.05, 0.1) is 6.61 Å². The molecule has 1 aliphatic heterocycles. The fourth-order valence-corrected chi connectivity index (χ4v) is 1.31. The SMILES string of the molecule is CCCOc1ccc(C2CN2)cc1. The number of benzene rings is 1. The second-order valence-corrected chi connectivity index (χ2v) is 3.38. The molecular weight excluding hydrogens is 162 g/mol. The summed E-state index contributed by atoms with van der Waals surface area (Å²) in [6.45, 7) is 4.04. The lowest BCUT2D eigenvalue weighted by Gasteiger charge is -2.04. The van der Waals surface area contributed by atoms with Crippen LogP contribution in [-0.4, -0.2) is 13.2 Å². The molecule has 1 saturated heterocycles. The van der Waals surface area contributed by atoms with Gasteiger partial charge in [0.15, 0.2) is 0 Å². The molecule has 13 heavy (non-hydrogen) atoms. The summed E-state index contributed by atoms with van der Waals surface area (Å²) in [6.07, 6.45) is 1.06. The molecule has 0 aliphatic carbocycles. The molecule has 1 atom stereocenters. The van der Waals surface area contributed by atoms with Crippen molar-refractivity contribution >= 4 is 0 Å². The number of hydrogen-bond acceptors (Lipinski definition) is 2. The van der Waals surface area contributed by atoms with E-state index >= 15 is 0 Å². The van der Waals surface area contributed by atoms with E-state index in [0.717, 1.165) is 25.3 Å². The molecule has 1 heterocycles. The van der Waals surface area contributed by atoms with E-state index in [1.165, 1.54) is 5.56 Å². The minimum atomic E-state index is 0.597. The van der Waals surface area contributed by atoms with Crippen LogP contribution in [0.5, 0.6) is 5.75 Å². The fourth-order valence-electron chi connectivity index (χ4n) is 1.31. The summed E-state index contributed by atoms with van der Waals surface area (Å²) in [5.74, 6) is 0.978. The summed E-state index contributed by atoms with van der Waals surface area (Å²) in [4.78, 5) is 0. The van der Waals surface area contributed by atoms with Crippen LogP contribution in [0, 0.1) is 0 Å². The Morgan fingerprint density at radius 3 is 2.62 bits per heavy atom. The summed E-state index contributed by atoms with van der Waals surface area (Å²) in [5.41, 5.74) is 1.36. The van der Waals surface area contributed by atoms with E-state index in [4.69, 9.17) is 4.74 Å². The lowest BCUT2D eigenvalue weighted by molar-refractivity contribution is 0.317. The van der Waals surface area contributed by atoms with Crippen LogP contribution < -0.4 is 10.1 Å². The first-order valence-corrected chi connectivity index (χ1v) is 4.86. The summed E-state index contributed by atoms with van der Waals surface area (Å²) >= 11 is 0. The molecule has 0 spiro atoms. The van der Waals surface area contributed by atoms with E-state index in [9.17, 15) is 0 Å². The summed E-state index contributed by atoms with van der Waals surface area (Å²) in [5, 5.41) is 3.27. The van der Waals surface area contributed by atoms with Gasteiger partial charge in [-0.3, -0.25) is 0 Å². The molecular formula is C11H15NO. The predicted molar refractivity (Wildman–Crippen MR) is 53.0 cm³/mol. The zero-order valence-corrected chi connectivity index (χ0v) is 7.92. The average molecular weight is 177 g/mol. The van der Waals surface area contributed by atoms with Gasteiger partial charge in [0.1, 0.15) is 5.75 Å². The van der Waals surface area contributed by atoms with Crippen molar-refractivity contribution in [3.63, 3.8) is 0 Å². The van der Waals surface area contributed by atoms with E-state index in [2.05, 4.69) is 24.4 Å². The van der Waals surface area contributed by atoms with Crippen LogP contribution in [-0.2, 0) is 0 Å². The molecule has 0 saturated carbocycles. The van der Waals surface area contributed by atoms with Crippen molar-refractivity contribution in [1.82, 2.24) is 5.32 Å². The van der Waals surface area contributed by atoms with Crippen molar-refractivity contribution < 1.29 is 4.74 Å². The first kappa shape index (κ1) is 8.57. The molecule has 0 aromatic heterocycles. The van der Waals surface area contributed by atoms with E-state index in [1.54, 1.807) is 0 Å². The number of rotatable bonds is 4. The van der Waals surface area contributed by atoms with Gasteiger partial charge in [-0.1, -0.05) is 19.1 Å². The lowest BCUT2D eigenvalue weighted by Crippen LogP contribution is -1.94.